The fourth-order valence-corrected chi connectivity index (χ4v) is 5.20. The molecule has 2 aliphatic heterocycles. The number of carbonyl (C=O) groups is 1. The van der Waals surface area contributed by atoms with Crippen molar-refractivity contribution in [3.8, 4) is 5.88 Å². The van der Waals surface area contributed by atoms with Gasteiger partial charge in [0.2, 0.25) is 5.88 Å². The van der Waals surface area contributed by atoms with Gasteiger partial charge in [-0.1, -0.05) is 0 Å². The van der Waals surface area contributed by atoms with Crippen molar-refractivity contribution >= 4 is 40.0 Å². The van der Waals surface area contributed by atoms with Gasteiger partial charge in [0.1, 0.15) is 17.9 Å². The molecule has 1 amide bonds. The number of ether oxygens (including phenoxy) is 1. The molecule has 210 valence electrons. The van der Waals surface area contributed by atoms with Gasteiger partial charge in [0.05, 0.1) is 17.6 Å². The number of pyridine rings is 3. The molecular formula is C30H32N8O3. The second kappa shape index (κ2) is 11.2. The third kappa shape index (κ3) is 5.51. The fourth-order valence-electron chi connectivity index (χ4n) is 5.20. The molecule has 0 unspecified atom stereocenters. The number of fused-ring (bicyclic) bond motifs is 1. The van der Waals surface area contributed by atoms with Gasteiger partial charge in [0, 0.05) is 73.4 Å². The van der Waals surface area contributed by atoms with E-state index in [-0.39, 0.29) is 5.56 Å². The first-order chi connectivity index (χ1) is 20.0. The molecule has 0 aliphatic carbocycles. The smallest absolute Gasteiger partial charge is 0.263 e. The third-order valence-electron chi connectivity index (χ3n) is 7.42. The van der Waals surface area contributed by atoms with Gasteiger partial charge < -0.3 is 35.5 Å². The Morgan fingerprint density at radius 1 is 0.951 bits per heavy atom. The van der Waals surface area contributed by atoms with Crippen molar-refractivity contribution in [3.05, 3.63) is 88.2 Å². The highest BCUT2D eigenvalue weighted by atomic mass is 16.5. The molecule has 11 heteroatoms. The Labute approximate surface area is 237 Å². The topological polar surface area (TPSA) is 128 Å². The summed E-state index contributed by atoms with van der Waals surface area (Å²) in [5.74, 6) is 0.0331. The van der Waals surface area contributed by atoms with Crippen LogP contribution in [0.3, 0.4) is 0 Å². The number of aromatic nitrogens is 3. The standard InChI is InChI=1S/C30H32N8O3/c1-19-17-23(7-9-31-19)38-14-12-37(13-15-38)22-5-3-21(4-6-22)35-29(40)26-24(8-10-33-28(26)39)36-25-18-34-30-27(20(25)2)32-11-16-41-30/h3-10,17-18,32H,11-16H2,1-2H3,(H,35,40)(H2,33,36,39). The van der Waals surface area contributed by atoms with Crippen molar-refractivity contribution in [2.45, 2.75) is 13.8 Å². The number of carbonyl (C=O) groups excluding carboxylic acids is 1. The van der Waals surface area contributed by atoms with Crippen molar-refractivity contribution in [1.29, 1.82) is 0 Å². The van der Waals surface area contributed by atoms with Crippen LogP contribution in [0.4, 0.5) is 34.1 Å². The minimum Gasteiger partial charge on any atom is -0.474 e. The van der Waals surface area contributed by atoms with Crippen LogP contribution in [0.1, 0.15) is 21.6 Å². The van der Waals surface area contributed by atoms with E-state index < -0.39 is 11.5 Å². The number of aryl methyl sites for hydroxylation is 1. The molecule has 5 heterocycles. The Kier molecular flexibility index (Phi) is 7.15. The van der Waals surface area contributed by atoms with Gasteiger partial charge in [-0.15, -0.1) is 0 Å². The fraction of sp³-hybridized carbons (Fsp3) is 0.267. The molecule has 0 atom stereocenters. The molecule has 2 aliphatic rings. The summed E-state index contributed by atoms with van der Waals surface area (Å²) in [5, 5.41) is 9.39. The summed E-state index contributed by atoms with van der Waals surface area (Å²) in [5.41, 5.74) is 6.13. The second-order valence-corrected chi connectivity index (χ2v) is 10.1. The minimum absolute atomic E-state index is 0.0135. The SMILES string of the molecule is Cc1cc(N2CCN(c3ccc(NC(=O)c4c(Nc5cnc6c(c5C)NCCO6)cc[nH]c4=O)cc3)CC2)ccn1. The first-order valence-corrected chi connectivity index (χ1v) is 13.7. The van der Waals surface area contributed by atoms with E-state index in [0.717, 1.165) is 48.8 Å². The zero-order chi connectivity index (χ0) is 28.3. The number of hydrogen-bond donors (Lipinski definition) is 4. The van der Waals surface area contributed by atoms with E-state index in [1.165, 1.54) is 11.9 Å². The number of hydrogen-bond acceptors (Lipinski definition) is 9. The maximum atomic E-state index is 13.3. The van der Waals surface area contributed by atoms with Crippen LogP contribution in [0, 0.1) is 13.8 Å². The van der Waals surface area contributed by atoms with Gasteiger partial charge in [0.25, 0.3) is 11.5 Å². The van der Waals surface area contributed by atoms with Crippen LogP contribution in [0.5, 0.6) is 5.88 Å². The number of nitrogens with one attached hydrogen (secondary N) is 4. The summed E-state index contributed by atoms with van der Waals surface area (Å²) in [4.78, 5) is 42.0. The second-order valence-electron chi connectivity index (χ2n) is 10.1. The van der Waals surface area contributed by atoms with Crippen LogP contribution in [0.25, 0.3) is 0 Å². The van der Waals surface area contributed by atoms with E-state index in [2.05, 4.69) is 52.8 Å². The molecule has 0 spiro atoms. The molecular weight excluding hydrogens is 520 g/mol. The van der Waals surface area contributed by atoms with E-state index >= 15 is 0 Å². The number of H-pyrrole nitrogens is 1. The van der Waals surface area contributed by atoms with Crippen LogP contribution in [0.15, 0.2) is 65.8 Å². The van der Waals surface area contributed by atoms with Crippen molar-refractivity contribution in [3.63, 3.8) is 0 Å². The van der Waals surface area contributed by atoms with Gasteiger partial charge in [0.15, 0.2) is 0 Å². The molecule has 4 aromatic rings. The lowest BCUT2D eigenvalue weighted by Crippen LogP contribution is -2.46. The molecule has 6 rings (SSSR count). The Morgan fingerprint density at radius 3 is 2.46 bits per heavy atom. The van der Waals surface area contributed by atoms with Gasteiger partial charge in [-0.05, 0) is 56.3 Å². The summed E-state index contributed by atoms with van der Waals surface area (Å²) < 4.78 is 5.60. The molecule has 0 radical (unpaired) electrons. The Bertz CT molecular complexity index is 1630. The van der Waals surface area contributed by atoms with Gasteiger partial charge in [-0.3, -0.25) is 14.6 Å². The number of anilines is 6. The van der Waals surface area contributed by atoms with E-state index in [1.54, 1.807) is 12.3 Å². The third-order valence-corrected chi connectivity index (χ3v) is 7.42. The summed E-state index contributed by atoms with van der Waals surface area (Å²) in [6.45, 7) is 8.77. The quantitative estimate of drug-likeness (QED) is 0.282. The molecule has 4 N–H and O–H groups in total. The van der Waals surface area contributed by atoms with Crippen molar-refractivity contribution < 1.29 is 9.53 Å². The van der Waals surface area contributed by atoms with Crippen molar-refractivity contribution in [2.24, 2.45) is 0 Å². The van der Waals surface area contributed by atoms with E-state index in [1.807, 2.05) is 44.3 Å². The molecule has 0 saturated carbocycles. The average molecular weight is 553 g/mol. The average Bonchev–Trinajstić information content (AvgIpc) is 2.99. The summed E-state index contributed by atoms with van der Waals surface area (Å²) >= 11 is 0. The van der Waals surface area contributed by atoms with Gasteiger partial charge in [-0.2, -0.15) is 0 Å². The lowest BCUT2D eigenvalue weighted by molar-refractivity contribution is 0.102. The first-order valence-electron chi connectivity index (χ1n) is 13.7. The van der Waals surface area contributed by atoms with Crippen molar-refractivity contribution in [2.75, 3.05) is 65.1 Å². The molecule has 1 saturated heterocycles. The largest absolute Gasteiger partial charge is 0.474 e. The van der Waals surface area contributed by atoms with Crippen LogP contribution in [0.2, 0.25) is 0 Å². The molecule has 1 fully saturated rings. The van der Waals surface area contributed by atoms with Gasteiger partial charge in [-0.25, -0.2) is 4.98 Å². The number of nitrogens with zero attached hydrogens (tertiary/aromatic N) is 4. The van der Waals surface area contributed by atoms with Crippen LogP contribution < -0.4 is 36.0 Å². The lowest BCUT2D eigenvalue weighted by atomic mass is 10.1. The van der Waals surface area contributed by atoms with Crippen molar-refractivity contribution in [1.82, 2.24) is 15.0 Å². The monoisotopic (exact) mass is 552 g/mol. The van der Waals surface area contributed by atoms with Crippen LogP contribution >= 0.6 is 0 Å². The van der Waals surface area contributed by atoms with Crippen LogP contribution in [-0.2, 0) is 0 Å². The zero-order valence-electron chi connectivity index (χ0n) is 23.0. The number of benzene rings is 1. The highest BCUT2D eigenvalue weighted by molar-refractivity contribution is 6.08. The predicted molar refractivity (Wildman–Crippen MR) is 161 cm³/mol. The minimum atomic E-state index is -0.506. The number of amides is 1. The number of rotatable bonds is 6. The zero-order valence-corrected chi connectivity index (χ0v) is 23.0. The Balaban J connectivity index is 1.13. The molecule has 0 bridgehead atoms. The van der Waals surface area contributed by atoms with E-state index in [4.69, 9.17) is 4.74 Å². The lowest BCUT2D eigenvalue weighted by Gasteiger charge is -2.37. The highest BCUT2D eigenvalue weighted by Gasteiger charge is 2.21. The number of piperazine rings is 1. The Morgan fingerprint density at radius 2 is 1.71 bits per heavy atom. The molecule has 41 heavy (non-hydrogen) atoms. The van der Waals surface area contributed by atoms with Crippen LogP contribution in [-0.4, -0.2) is 60.2 Å². The number of aromatic amines is 1. The molecule has 11 nitrogen and oxygen atoms in total. The maximum Gasteiger partial charge on any atom is 0.263 e. The molecule has 3 aromatic heterocycles. The maximum absolute atomic E-state index is 13.3. The first kappa shape index (κ1) is 26.2. The van der Waals surface area contributed by atoms with Gasteiger partial charge >= 0.3 is 0 Å². The Hall–Kier alpha value is -5.06. The summed E-state index contributed by atoms with van der Waals surface area (Å²) in [7, 11) is 0. The predicted octanol–water partition coefficient (Wildman–Crippen LogP) is 3.91. The van der Waals surface area contributed by atoms with E-state index in [9.17, 15) is 9.59 Å². The highest BCUT2D eigenvalue weighted by Crippen LogP contribution is 2.34. The summed E-state index contributed by atoms with van der Waals surface area (Å²) in [6, 6.07) is 13.5. The normalized spacial score (nSPS) is 14.5. The molecule has 1 aromatic carbocycles. The summed E-state index contributed by atoms with van der Waals surface area (Å²) in [6.07, 6.45) is 5.00. The van der Waals surface area contributed by atoms with E-state index in [0.29, 0.717) is 36.1 Å².